The van der Waals surface area contributed by atoms with E-state index < -0.39 is 17.5 Å². The Morgan fingerprint density at radius 2 is 1.38 bits per heavy atom. The molecule has 0 radical (unpaired) electrons. The van der Waals surface area contributed by atoms with Crippen molar-refractivity contribution in [1.82, 2.24) is 0 Å². The van der Waals surface area contributed by atoms with Gasteiger partial charge in [0.25, 0.3) is 5.76 Å². The molecule has 148 valence electrons. The van der Waals surface area contributed by atoms with Crippen LogP contribution in [0.15, 0.2) is 48.0 Å². The van der Waals surface area contributed by atoms with Crippen LogP contribution in [-0.2, 0) is 14.6 Å². The van der Waals surface area contributed by atoms with Gasteiger partial charge in [-0.25, -0.2) is 15.3 Å². The van der Waals surface area contributed by atoms with E-state index in [1.165, 1.54) is 63.9 Å². The van der Waals surface area contributed by atoms with Crippen LogP contribution >= 0.6 is 0 Å². The van der Waals surface area contributed by atoms with E-state index >= 15 is 0 Å². The van der Waals surface area contributed by atoms with E-state index in [4.69, 9.17) is 15.6 Å². The predicted octanol–water partition coefficient (Wildman–Crippen LogP) is 5.85. The van der Waals surface area contributed by atoms with Crippen molar-refractivity contribution in [2.24, 2.45) is 0 Å². The van der Waals surface area contributed by atoms with Gasteiger partial charge in [0.1, 0.15) is 0 Å². The summed E-state index contributed by atoms with van der Waals surface area (Å²) in [4.78, 5) is 18.2. The first-order chi connectivity index (χ1) is 12.7. The Kier molecular flexibility index (Phi) is 16.4. The minimum Gasteiger partial charge on any atom is -0.475 e. The third-order valence-electron chi connectivity index (χ3n) is 3.80. The van der Waals surface area contributed by atoms with E-state index in [-0.39, 0.29) is 0 Å². The number of carboxylic acids is 1. The number of unbranched alkanes of at least 4 members (excludes halogenated alkanes) is 9. The molecule has 0 aliphatic carbocycles. The molecule has 0 rings (SSSR count). The Balaban J connectivity index is 3.86. The van der Waals surface area contributed by atoms with Crippen LogP contribution in [0, 0.1) is 0 Å². The number of carbonyl (C=O) groups is 1. The molecule has 0 aliphatic heterocycles. The molecule has 0 aromatic rings. The van der Waals surface area contributed by atoms with E-state index in [1.807, 2.05) is 6.08 Å². The van der Waals surface area contributed by atoms with Crippen molar-refractivity contribution in [2.75, 3.05) is 0 Å². The highest BCUT2D eigenvalue weighted by atomic mass is 17.1. The normalized spacial score (nSPS) is 12.9. The quantitative estimate of drug-likeness (QED) is 0.0789. The number of rotatable bonds is 16. The highest BCUT2D eigenvalue weighted by Gasteiger charge is 2.16. The molecule has 0 unspecified atom stereocenters. The molecule has 6 heteroatoms. The summed E-state index contributed by atoms with van der Waals surface area (Å²) in [7, 11) is 0. The molecular weight excluding hydrogens is 336 g/mol. The van der Waals surface area contributed by atoms with Gasteiger partial charge in [-0.15, -0.1) is 0 Å². The summed E-state index contributed by atoms with van der Waals surface area (Å²) >= 11 is 0. The molecule has 26 heavy (non-hydrogen) atoms. The fraction of sp³-hybridized carbons (Fsp3) is 0.550. The monoisotopic (exact) mass is 368 g/mol. The molecule has 0 aliphatic rings. The Bertz CT molecular complexity index is 477. The van der Waals surface area contributed by atoms with Gasteiger partial charge in [0.15, 0.2) is 0 Å². The Hall–Kier alpha value is -2.05. The Morgan fingerprint density at radius 1 is 0.808 bits per heavy atom. The molecule has 0 aromatic carbocycles. The Labute approximate surface area is 156 Å². The van der Waals surface area contributed by atoms with Gasteiger partial charge in [0.05, 0.1) is 0 Å². The minimum atomic E-state index is -1.56. The minimum absolute atomic E-state index is 0.511. The van der Waals surface area contributed by atoms with Crippen molar-refractivity contribution in [2.45, 2.75) is 71.1 Å². The van der Waals surface area contributed by atoms with Crippen molar-refractivity contribution < 1.29 is 30.2 Å². The summed E-state index contributed by atoms with van der Waals surface area (Å²) < 4.78 is 0. The van der Waals surface area contributed by atoms with Gasteiger partial charge in [-0.3, -0.25) is 0 Å². The maximum atomic E-state index is 10.7. The van der Waals surface area contributed by atoms with Crippen LogP contribution in [0.25, 0.3) is 0 Å². The lowest BCUT2D eigenvalue weighted by molar-refractivity contribution is -0.234. The SMILES string of the molecule is CCCCCCCCCCC/C=C/C=C/C=C/C(OO)=C(\OO)C(=O)O. The van der Waals surface area contributed by atoms with Gasteiger partial charge in [0.2, 0.25) is 5.76 Å². The van der Waals surface area contributed by atoms with Crippen LogP contribution in [-0.4, -0.2) is 21.6 Å². The third kappa shape index (κ3) is 13.3. The Morgan fingerprint density at radius 3 is 1.92 bits per heavy atom. The van der Waals surface area contributed by atoms with Crippen molar-refractivity contribution in [3.63, 3.8) is 0 Å². The second-order valence-electron chi connectivity index (χ2n) is 5.97. The molecule has 0 bridgehead atoms. The first kappa shape index (κ1) is 23.9. The molecule has 0 amide bonds. The largest absolute Gasteiger partial charge is 0.475 e. The number of aliphatic carboxylic acids is 1. The van der Waals surface area contributed by atoms with Crippen molar-refractivity contribution in [3.8, 4) is 0 Å². The number of carboxylic acid groups (broad SMARTS) is 1. The molecule has 3 N–H and O–H groups in total. The smallest absolute Gasteiger partial charge is 0.379 e. The lowest BCUT2D eigenvalue weighted by Gasteiger charge is -2.00. The van der Waals surface area contributed by atoms with Gasteiger partial charge < -0.3 is 14.9 Å². The summed E-state index contributed by atoms with van der Waals surface area (Å²) in [5.41, 5.74) is 0. The second kappa shape index (κ2) is 17.8. The summed E-state index contributed by atoms with van der Waals surface area (Å²) in [6.07, 6.45) is 22.8. The summed E-state index contributed by atoms with van der Waals surface area (Å²) in [6, 6.07) is 0. The number of hydrogen-bond donors (Lipinski definition) is 3. The van der Waals surface area contributed by atoms with Crippen LogP contribution in [0.5, 0.6) is 0 Å². The van der Waals surface area contributed by atoms with E-state index in [0.717, 1.165) is 12.5 Å². The van der Waals surface area contributed by atoms with Crippen molar-refractivity contribution in [1.29, 1.82) is 0 Å². The van der Waals surface area contributed by atoms with Crippen LogP contribution in [0.1, 0.15) is 71.1 Å². The predicted molar refractivity (Wildman–Crippen MR) is 101 cm³/mol. The second-order valence-corrected chi connectivity index (χ2v) is 5.97. The average molecular weight is 368 g/mol. The molecule has 0 fully saturated rings. The molecule has 0 aromatic heterocycles. The maximum Gasteiger partial charge on any atom is 0.379 e. The maximum absolute atomic E-state index is 10.7. The zero-order chi connectivity index (χ0) is 19.5. The van der Waals surface area contributed by atoms with Crippen molar-refractivity contribution >= 4 is 5.97 Å². The molecular formula is C20H32O6. The van der Waals surface area contributed by atoms with Gasteiger partial charge in [-0.2, -0.15) is 0 Å². The van der Waals surface area contributed by atoms with Crippen LogP contribution in [0.2, 0.25) is 0 Å². The number of hydrogen-bond acceptors (Lipinski definition) is 5. The summed E-state index contributed by atoms with van der Waals surface area (Å²) in [5, 5.41) is 25.7. The molecule has 0 heterocycles. The van der Waals surface area contributed by atoms with Gasteiger partial charge in [-0.1, -0.05) is 88.7 Å². The number of allylic oxidation sites excluding steroid dienone is 6. The summed E-state index contributed by atoms with van der Waals surface area (Å²) in [5.74, 6) is -2.98. The van der Waals surface area contributed by atoms with Gasteiger partial charge in [-0.05, 0) is 18.9 Å². The molecule has 0 saturated carbocycles. The van der Waals surface area contributed by atoms with E-state index in [0.29, 0.717) is 0 Å². The van der Waals surface area contributed by atoms with E-state index in [1.54, 1.807) is 12.2 Å². The lowest BCUT2D eigenvalue weighted by atomic mass is 10.1. The summed E-state index contributed by atoms with van der Waals surface area (Å²) in [6.45, 7) is 2.23. The lowest BCUT2D eigenvalue weighted by Crippen LogP contribution is -2.07. The molecule has 0 spiro atoms. The fourth-order valence-electron chi connectivity index (χ4n) is 2.36. The molecule has 6 nitrogen and oxygen atoms in total. The highest BCUT2D eigenvalue weighted by Crippen LogP contribution is 2.11. The first-order valence-electron chi connectivity index (χ1n) is 9.27. The first-order valence-corrected chi connectivity index (χ1v) is 9.27. The van der Waals surface area contributed by atoms with Gasteiger partial charge >= 0.3 is 5.97 Å². The fourth-order valence-corrected chi connectivity index (χ4v) is 2.36. The topological polar surface area (TPSA) is 96.2 Å². The van der Waals surface area contributed by atoms with Crippen LogP contribution in [0.4, 0.5) is 0 Å². The van der Waals surface area contributed by atoms with Crippen molar-refractivity contribution in [3.05, 3.63) is 48.0 Å². The standard InChI is InChI=1S/C20H32O6/c1-2-3-4-5-6-7-8-9-10-11-12-13-14-15-16-17-18(25-23)19(26-24)20(21)22/h12-17,23-24H,2-11H2,1H3,(H,21,22)/b13-12+,15-14+,17-16+,19-18+. The van der Waals surface area contributed by atoms with Crippen LogP contribution < -0.4 is 0 Å². The highest BCUT2D eigenvalue weighted by molar-refractivity contribution is 5.85. The average Bonchev–Trinajstić information content (AvgIpc) is 2.63. The molecule has 0 saturated heterocycles. The third-order valence-corrected chi connectivity index (χ3v) is 3.80. The van der Waals surface area contributed by atoms with E-state index in [2.05, 4.69) is 22.8 Å². The zero-order valence-electron chi connectivity index (χ0n) is 15.6. The van der Waals surface area contributed by atoms with Crippen LogP contribution in [0.3, 0.4) is 0 Å². The zero-order valence-corrected chi connectivity index (χ0v) is 15.6. The molecule has 0 atom stereocenters. The van der Waals surface area contributed by atoms with E-state index in [9.17, 15) is 4.79 Å². The van der Waals surface area contributed by atoms with Gasteiger partial charge in [0, 0.05) is 0 Å².